The highest BCUT2D eigenvalue weighted by Gasteiger charge is 2.29. The minimum atomic E-state index is -1.14. The van der Waals surface area contributed by atoms with Crippen LogP contribution in [0.25, 0.3) is 0 Å². The maximum Gasteiger partial charge on any atom is 0.256 e. The Kier molecular flexibility index (Phi) is 6.35. The van der Waals surface area contributed by atoms with E-state index in [0.717, 1.165) is 15.6 Å². The lowest BCUT2D eigenvalue weighted by Crippen LogP contribution is -2.48. The van der Waals surface area contributed by atoms with Crippen LogP contribution in [0.15, 0.2) is 46.9 Å². The molecule has 0 radical (unpaired) electrons. The number of morpholine rings is 1. The summed E-state index contributed by atoms with van der Waals surface area (Å²) in [5.74, 6) is -0.281. The van der Waals surface area contributed by atoms with E-state index in [1.807, 2.05) is 37.3 Å². The molecule has 3 rings (SSSR count). The van der Waals surface area contributed by atoms with Gasteiger partial charge in [-0.05, 0) is 35.7 Å². The second-order valence-electron chi connectivity index (χ2n) is 6.48. The summed E-state index contributed by atoms with van der Waals surface area (Å²) in [4.78, 5) is 14.4. The Morgan fingerprint density at radius 2 is 2.12 bits per heavy atom. The van der Waals surface area contributed by atoms with Crippen LogP contribution in [0, 0.1) is 6.92 Å². The number of nitrogens with zero attached hydrogens (tertiary/aromatic N) is 1. The topological polar surface area (TPSA) is 49.8 Å². The maximum absolute atomic E-state index is 12.7. The molecule has 0 saturated carbocycles. The van der Waals surface area contributed by atoms with Crippen molar-refractivity contribution < 1.29 is 14.6 Å². The molecule has 1 saturated heterocycles. The van der Waals surface area contributed by atoms with Gasteiger partial charge < -0.3 is 14.7 Å². The summed E-state index contributed by atoms with van der Waals surface area (Å²) in [6.45, 7) is 3.41. The van der Waals surface area contributed by atoms with E-state index in [4.69, 9.17) is 16.3 Å². The number of rotatable bonds is 4. The Morgan fingerprint density at radius 1 is 1.38 bits per heavy atom. The van der Waals surface area contributed by atoms with Gasteiger partial charge in [0, 0.05) is 29.0 Å². The third kappa shape index (κ3) is 4.46. The summed E-state index contributed by atoms with van der Waals surface area (Å²) in [6, 6.07) is 12.8. The lowest BCUT2D eigenvalue weighted by atomic mass is 10.0. The summed E-state index contributed by atoms with van der Waals surface area (Å²) >= 11 is 9.64. The highest BCUT2D eigenvalue weighted by Crippen LogP contribution is 2.28. The highest BCUT2D eigenvalue weighted by atomic mass is 79.9. The lowest BCUT2D eigenvalue weighted by Gasteiger charge is -2.34. The predicted octanol–water partition coefficient (Wildman–Crippen LogP) is 3.91. The first kappa shape index (κ1) is 19.4. The average molecular weight is 439 g/mol. The lowest BCUT2D eigenvalue weighted by molar-refractivity contribution is -0.148. The summed E-state index contributed by atoms with van der Waals surface area (Å²) in [7, 11) is 0. The number of halogens is 2. The van der Waals surface area contributed by atoms with E-state index in [-0.39, 0.29) is 12.0 Å². The van der Waals surface area contributed by atoms with Crippen LogP contribution < -0.4 is 0 Å². The van der Waals surface area contributed by atoms with Gasteiger partial charge in [0.2, 0.25) is 0 Å². The molecular formula is C20H21BrClNO3. The molecule has 1 aliphatic rings. The van der Waals surface area contributed by atoms with Gasteiger partial charge in [0.25, 0.3) is 5.91 Å². The molecule has 138 valence electrons. The fourth-order valence-corrected chi connectivity index (χ4v) is 4.34. The van der Waals surface area contributed by atoms with Gasteiger partial charge in [0.1, 0.15) is 0 Å². The molecule has 0 bridgehead atoms. The van der Waals surface area contributed by atoms with Crippen molar-refractivity contribution in [3.8, 4) is 0 Å². The van der Waals surface area contributed by atoms with Crippen molar-refractivity contribution in [3.05, 3.63) is 68.7 Å². The number of amides is 1. The molecule has 4 nitrogen and oxygen atoms in total. The number of benzene rings is 2. The first-order valence-corrected chi connectivity index (χ1v) is 9.70. The summed E-state index contributed by atoms with van der Waals surface area (Å²) in [5, 5.41) is 11.1. The van der Waals surface area contributed by atoms with E-state index >= 15 is 0 Å². The summed E-state index contributed by atoms with van der Waals surface area (Å²) in [5.41, 5.74) is 2.81. The zero-order chi connectivity index (χ0) is 18.7. The number of aryl methyl sites for hydroxylation is 1. The van der Waals surface area contributed by atoms with Crippen LogP contribution in [0.2, 0.25) is 5.02 Å². The molecule has 1 fully saturated rings. The predicted molar refractivity (Wildman–Crippen MR) is 105 cm³/mol. The van der Waals surface area contributed by atoms with Crippen molar-refractivity contribution in [1.29, 1.82) is 0 Å². The molecule has 1 N–H and O–H groups in total. The Bertz CT molecular complexity index is 761. The van der Waals surface area contributed by atoms with Crippen molar-refractivity contribution in [3.63, 3.8) is 0 Å². The van der Waals surface area contributed by atoms with Gasteiger partial charge in [-0.25, -0.2) is 0 Å². The van der Waals surface area contributed by atoms with Crippen LogP contribution in [-0.2, 0) is 16.0 Å². The van der Waals surface area contributed by atoms with Crippen molar-refractivity contribution in [2.24, 2.45) is 0 Å². The van der Waals surface area contributed by atoms with Gasteiger partial charge in [-0.15, -0.1) is 0 Å². The van der Waals surface area contributed by atoms with Crippen molar-refractivity contribution in [1.82, 2.24) is 4.90 Å². The molecule has 2 aromatic carbocycles. The first-order valence-electron chi connectivity index (χ1n) is 8.53. The number of hydrogen-bond donors (Lipinski definition) is 1. The SMILES string of the molecule is Cc1cc(Cl)cc(Br)c1C[C@H]1CN(C(=O)C(O)c2ccccc2)CCO1. The molecule has 26 heavy (non-hydrogen) atoms. The Hall–Kier alpha value is -1.40. The minimum absolute atomic E-state index is 0.119. The first-order chi connectivity index (χ1) is 12.5. The quantitative estimate of drug-likeness (QED) is 0.787. The van der Waals surface area contributed by atoms with E-state index in [9.17, 15) is 9.90 Å². The van der Waals surface area contributed by atoms with E-state index in [2.05, 4.69) is 15.9 Å². The van der Waals surface area contributed by atoms with Crippen LogP contribution in [-0.4, -0.2) is 41.7 Å². The van der Waals surface area contributed by atoms with Gasteiger partial charge in [-0.2, -0.15) is 0 Å². The Morgan fingerprint density at radius 3 is 2.81 bits per heavy atom. The van der Waals surface area contributed by atoms with Gasteiger partial charge >= 0.3 is 0 Å². The van der Waals surface area contributed by atoms with Crippen LogP contribution in [0.3, 0.4) is 0 Å². The van der Waals surface area contributed by atoms with E-state index in [1.54, 1.807) is 17.0 Å². The Labute approximate surface area is 166 Å². The largest absolute Gasteiger partial charge is 0.378 e. The number of hydrogen-bond acceptors (Lipinski definition) is 3. The fourth-order valence-electron chi connectivity index (χ4n) is 3.21. The van der Waals surface area contributed by atoms with Crippen LogP contribution in [0.5, 0.6) is 0 Å². The molecule has 2 aromatic rings. The molecule has 1 heterocycles. The van der Waals surface area contributed by atoms with Crippen LogP contribution in [0.4, 0.5) is 0 Å². The van der Waals surface area contributed by atoms with E-state index in [1.165, 1.54) is 0 Å². The van der Waals surface area contributed by atoms with Crippen molar-refractivity contribution in [2.75, 3.05) is 19.7 Å². The summed E-state index contributed by atoms with van der Waals surface area (Å²) < 4.78 is 6.80. The summed E-state index contributed by atoms with van der Waals surface area (Å²) in [6.07, 6.45) is -0.583. The monoisotopic (exact) mass is 437 g/mol. The molecule has 2 atom stereocenters. The van der Waals surface area contributed by atoms with Gasteiger partial charge in [0.05, 0.1) is 12.7 Å². The molecule has 1 amide bonds. The number of carbonyl (C=O) groups is 1. The number of aliphatic hydroxyl groups is 1. The molecule has 0 aromatic heterocycles. The number of carbonyl (C=O) groups excluding carboxylic acids is 1. The molecule has 1 aliphatic heterocycles. The second kappa shape index (κ2) is 8.53. The van der Waals surface area contributed by atoms with Gasteiger partial charge in [-0.3, -0.25) is 4.79 Å². The zero-order valence-electron chi connectivity index (χ0n) is 14.5. The molecular weight excluding hydrogens is 418 g/mol. The number of ether oxygens (including phenoxy) is 1. The smallest absolute Gasteiger partial charge is 0.256 e. The molecule has 6 heteroatoms. The molecule has 1 unspecified atom stereocenters. The normalized spacial score (nSPS) is 18.6. The second-order valence-corrected chi connectivity index (χ2v) is 7.77. The van der Waals surface area contributed by atoms with Gasteiger partial charge in [-0.1, -0.05) is 57.9 Å². The maximum atomic E-state index is 12.7. The molecule has 0 spiro atoms. The van der Waals surface area contributed by atoms with Gasteiger partial charge in [0.15, 0.2) is 6.10 Å². The standard InChI is InChI=1S/C20H21BrClNO3/c1-13-9-15(22)10-18(21)17(13)11-16-12-23(7-8-26-16)20(25)19(24)14-5-3-2-4-6-14/h2-6,9-10,16,19,24H,7-8,11-12H2,1H3/t16-,19?/m0/s1. The Balaban J connectivity index is 1.69. The third-order valence-corrected chi connectivity index (χ3v) is 5.54. The molecule has 0 aliphatic carbocycles. The van der Waals surface area contributed by atoms with E-state index in [0.29, 0.717) is 36.7 Å². The van der Waals surface area contributed by atoms with Crippen molar-refractivity contribution in [2.45, 2.75) is 25.6 Å². The van der Waals surface area contributed by atoms with Crippen molar-refractivity contribution >= 4 is 33.4 Å². The highest BCUT2D eigenvalue weighted by molar-refractivity contribution is 9.10. The van der Waals surface area contributed by atoms with Crippen LogP contribution >= 0.6 is 27.5 Å². The number of aliphatic hydroxyl groups excluding tert-OH is 1. The average Bonchev–Trinajstić information content (AvgIpc) is 2.64. The zero-order valence-corrected chi connectivity index (χ0v) is 16.8. The van der Waals surface area contributed by atoms with E-state index < -0.39 is 6.10 Å². The minimum Gasteiger partial charge on any atom is -0.378 e. The third-order valence-electron chi connectivity index (χ3n) is 4.61. The fraction of sp³-hybridized carbons (Fsp3) is 0.350. The van der Waals surface area contributed by atoms with Crippen LogP contribution in [0.1, 0.15) is 22.8 Å².